The van der Waals surface area contributed by atoms with Crippen LogP contribution in [0, 0.1) is 0 Å². The van der Waals surface area contributed by atoms with Gasteiger partial charge < -0.3 is 19.8 Å². The lowest BCUT2D eigenvalue weighted by Gasteiger charge is -2.10. The van der Waals surface area contributed by atoms with Gasteiger partial charge in [0.25, 0.3) is 0 Å². The molecule has 5 nitrogen and oxygen atoms in total. The van der Waals surface area contributed by atoms with E-state index in [1.54, 1.807) is 13.3 Å². The highest BCUT2D eigenvalue weighted by Crippen LogP contribution is 1.98. The Morgan fingerprint density at radius 1 is 1.37 bits per heavy atom. The number of nitrogens with zero attached hydrogens (tertiary/aromatic N) is 1. The zero-order valence-corrected chi connectivity index (χ0v) is 14.0. The van der Waals surface area contributed by atoms with Crippen molar-refractivity contribution in [2.24, 2.45) is 4.99 Å². The van der Waals surface area contributed by atoms with Gasteiger partial charge >= 0.3 is 0 Å². The Balaban J connectivity index is 0.00000324. The number of guanidine groups is 1. The molecular formula is C13H24IN3O2. The van der Waals surface area contributed by atoms with Gasteiger partial charge in [-0.2, -0.15) is 0 Å². The van der Waals surface area contributed by atoms with Gasteiger partial charge in [0.15, 0.2) is 5.96 Å². The summed E-state index contributed by atoms with van der Waals surface area (Å²) in [6.45, 7) is 5.17. The van der Waals surface area contributed by atoms with E-state index in [1.807, 2.05) is 19.1 Å². The third-order valence-electron chi connectivity index (χ3n) is 2.45. The Kier molecular flexibility index (Phi) is 11.8. The van der Waals surface area contributed by atoms with Crippen molar-refractivity contribution in [2.75, 3.05) is 26.8 Å². The third-order valence-corrected chi connectivity index (χ3v) is 2.45. The number of unbranched alkanes of at least 4 members (excludes halogenated alkanes) is 1. The van der Waals surface area contributed by atoms with Crippen molar-refractivity contribution in [3.8, 4) is 0 Å². The molecule has 0 aliphatic carbocycles. The van der Waals surface area contributed by atoms with E-state index in [1.165, 1.54) is 0 Å². The number of furan rings is 1. The molecule has 0 aliphatic heterocycles. The van der Waals surface area contributed by atoms with Crippen molar-refractivity contribution in [1.82, 2.24) is 10.6 Å². The molecule has 0 spiro atoms. The molecule has 0 amide bonds. The first-order valence-corrected chi connectivity index (χ1v) is 6.41. The number of rotatable bonds is 8. The van der Waals surface area contributed by atoms with Gasteiger partial charge in [-0.1, -0.05) is 0 Å². The summed E-state index contributed by atoms with van der Waals surface area (Å²) < 4.78 is 10.5. The van der Waals surface area contributed by atoms with Crippen LogP contribution in [0.5, 0.6) is 0 Å². The Labute approximate surface area is 132 Å². The minimum absolute atomic E-state index is 0. The van der Waals surface area contributed by atoms with Gasteiger partial charge in [0.1, 0.15) is 5.76 Å². The third kappa shape index (κ3) is 8.88. The second-order valence-corrected chi connectivity index (χ2v) is 3.84. The molecule has 1 aromatic rings. The normalized spacial score (nSPS) is 10.9. The maximum absolute atomic E-state index is 5.28. The molecule has 0 saturated heterocycles. The van der Waals surface area contributed by atoms with Crippen molar-refractivity contribution in [3.63, 3.8) is 0 Å². The van der Waals surface area contributed by atoms with Crippen LogP contribution in [0.3, 0.4) is 0 Å². The quantitative estimate of drug-likeness (QED) is 0.314. The summed E-state index contributed by atoms with van der Waals surface area (Å²) >= 11 is 0. The van der Waals surface area contributed by atoms with Gasteiger partial charge in [-0.25, -0.2) is 0 Å². The molecular weight excluding hydrogens is 357 g/mol. The van der Waals surface area contributed by atoms with Crippen molar-refractivity contribution in [2.45, 2.75) is 26.3 Å². The van der Waals surface area contributed by atoms with Crippen LogP contribution < -0.4 is 10.6 Å². The maximum Gasteiger partial charge on any atom is 0.191 e. The Bertz CT molecular complexity index is 329. The monoisotopic (exact) mass is 381 g/mol. The molecule has 6 heteroatoms. The maximum atomic E-state index is 5.28. The number of halogens is 1. The number of ether oxygens (including phenoxy) is 1. The van der Waals surface area contributed by atoms with Crippen LogP contribution >= 0.6 is 24.0 Å². The number of aliphatic imine (C=N–C) groups is 1. The van der Waals surface area contributed by atoms with E-state index in [4.69, 9.17) is 9.15 Å². The lowest BCUT2D eigenvalue weighted by atomic mass is 10.3. The number of nitrogens with one attached hydrogen (secondary N) is 2. The highest BCUT2D eigenvalue weighted by atomic mass is 127. The average molecular weight is 381 g/mol. The topological polar surface area (TPSA) is 58.8 Å². The smallest absolute Gasteiger partial charge is 0.191 e. The van der Waals surface area contributed by atoms with Crippen LogP contribution in [-0.2, 0) is 11.3 Å². The zero-order valence-electron chi connectivity index (χ0n) is 11.6. The van der Waals surface area contributed by atoms with Crippen molar-refractivity contribution in [1.29, 1.82) is 0 Å². The Hall–Kier alpha value is -0.760. The largest absolute Gasteiger partial charge is 0.467 e. The van der Waals surface area contributed by atoms with Crippen LogP contribution in [0.25, 0.3) is 0 Å². The molecule has 1 aromatic heterocycles. The van der Waals surface area contributed by atoms with Crippen LogP contribution in [0.15, 0.2) is 27.8 Å². The van der Waals surface area contributed by atoms with Crippen molar-refractivity contribution >= 4 is 29.9 Å². The summed E-state index contributed by atoms with van der Waals surface area (Å²) in [7, 11) is 1.76. The molecule has 2 N–H and O–H groups in total. The highest BCUT2D eigenvalue weighted by molar-refractivity contribution is 14.0. The minimum atomic E-state index is 0. The summed E-state index contributed by atoms with van der Waals surface area (Å²) in [4.78, 5) is 4.14. The van der Waals surface area contributed by atoms with E-state index < -0.39 is 0 Å². The summed E-state index contributed by atoms with van der Waals surface area (Å²) in [5.41, 5.74) is 0. The summed E-state index contributed by atoms with van der Waals surface area (Å²) in [6.07, 6.45) is 3.80. The van der Waals surface area contributed by atoms with E-state index in [0.29, 0.717) is 6.54 Å². The molecule has 0 atom stereocenters. The van der Waals surface area contributed by atoms with E-state index >= 15 is 0 Å². The molecule has 0 aliphatic rings. The highest BCUT2D eigenvalue weighted by Gasteiger charge is 1.99. The van der Waals surface area contributed by atoms with Gasteiger partial charge in [0.05, 0.1) is 12.8 Å². The lowest BCUT2D eigenvalue weighted by Crippen LogP contribution is -2.37. The predicted octanol–water partition coefficient (Wildman–Crippen LogP) is 2.38. The zero-order chi connectivity index (χ0) is 13.1. The second kappa shape index (κ2) is 12.3. The van der Waals surface area contributed by atoms with Crippen LogP contribution in [0.4, 0.5) is 0 Å². The molecule has 1 heterocycles. The summed E-state index contributed by atoms with van der Waals surface area (Å²) in [5.74, 6) is 1.69. The van der Waals surface area contributed by atoms with Gasteiger partial charge in [-0.05, 0) is 31.9 Å². The molecule has 0 unspecified atom stereocenters. The molecule has 0 radical (unpaired) electrons. The fraction of sp³-hybridized carbons (Fsp3) is 0.615. The first-order chi connectivity index (χ1) is 8.86. The predicted molar refractivity (Wildman–Crippen MR) is 88.1 cm³/mol. The summed E-state index contributed by atoms with van der Waals surface area (Å²) in [5, 5.41) is 6.44. The van der Waals surface area contributed by atoms with Gasteiger partial charge in [0.2, 0.25) is 0 Å². The number of hydrogen-bond acceptors (Lipinski definition) is 3. The first-order valence-electron chi connectivity index (χ1n) is 6.41. The molecule has 110 valence electrons. The Morgan fingerprint density at radius 2 is 2.21 bits per heavy atom. The van der Waals surface area contributed by atoms with E-state index in [9.17, 15) is 0 Å². The molecule has 19 heavy (non-hydrogen) atoms. The van der Waals surface area contributed by atoms with E-state index in [-0.39, 0.29) is 24.0 Å². The van der Waals surface area contributed by atoms with Crippen LogP contribution in [0.2, 0.25) is 0 Å². The van der Waals surface area contributed by atoms with Gasteiger partial charge in [-0.15, -0.1) is 24.0 Å². The molecule has 0 saturated carbocycles. The van der Waals surface area contributed by atoms with Crippen molar-refractivity contribution in [3.05, 3.63) is 24.2 Å². The van der Waals surface area contributed by atoms with E-state index in [0.717, 1.165) is 44.3 Å². The van der Waals surface area contributed by atoms with Gasteiger partial charge in [-0.3, -0.25) is 4.99 Å². The van der Waals surface area contributed by atoms with Gasteiger partial charge in [0, 0.05) is 26.8 Å². The molecule has 0 fully saturated rings. The first kappa shape index (κ1) is 18.2. The fourth-order valence-corrected chi connectivity index (χ4v) is 1.48. The van der Waals surface area contributed by atoms with Crippen LogP contribution in [-0.4, -0.2) is 32.8 Å². The number of hydrogen-bond donors (Lipinski definition) is 2. The second-order valence-electron chi connectivity index (χ2n) is 3.84. The standard InChI is InChI=1S/C13H23N3O2.HI/c1-3-17-9-5-4-8-15-13(14-2)16-11-12-7-6-10-18-12;/h6-7,10H,3-5,8-9,11H2,1-2H3,(H2,14,15,16);1H. The molecule has 0 bridgehead atoms. The Morgan fingerprint density at radius 3 is 2.84 bits per heavy atom. The molecule has 1 rings (SSSR count). The van der Waals surface area contributed by atoms with Crippen LogP contribution in [0.1, 0.15) is 25.5 Å². The SMILES string of the molecule is CCOCCCCNC(=NC)NCc1ccco1.I. The van der Waals surface area contributed by atoms with E-state index in [2.05, 4.69) is 15.6 Å². The molecule has 0 aromatic carbocycles. The minimum Gasteiger partial charge on any atom is -0.467 e. The fourth-order valence-electron chi connectivity index (χ4n) is 1.48. The lowest BCUT2D eigenvalue weighted by molar-refractivity contribution is 0.143. The summed E-state index contributed by atoms with van der Waals surface area (Å²) in [6, 6.07) is 3.81. The average Bonchev–Trinajstić information content (AvgIpc) is 2.90. The van der Waals surface area contributed by atoms with Crippen molar-refractivity contribution < 1.29 is 9.15 Å².